The molecule has 0 aliphatic rings. The molecule has 0 heterocycles. The van der Waals surface area contributed by atoms with Gasteiger partial charge in [0.25, 0.3) is 0 Å². The van der Waals surface area contributed by atoms with E-state index in [2.05, 4.69) is 12.7 Å². The third-order valence-electron chi connectivity index (χ3n) is 0.354. The lowest BCUT2D eigenvalue weighted by atomic mass is 10.5. The minimum atomic E-state index is 0. The Morgan fingerprint density at radius 3 is 1.67 bits per heavy atom. The molecule has 0 bridgehead atoms. The zero-order chi connectivity index (χ0) is 3.41. The molecule has 0 saturated heterocycles. The van der Waals surface area contributed by atoms with Crippen LogP contribution in [0.25, 0.3) is 0 Å². The summed E-state index contributed by atoms with van der Waals surface area (Å²) < 4.78 is 0. The summed E-state index contributed by atoms with van der Waals surface area (Å²) in [5, 5.41) is 0. The molecule has 0 aliphatic heterocycles. The van der Waals surface area contributed by atoms with E-state index in [9.17, 15) is 0 Å². The molecule has 1 nitrogen and oxygen atoms in total. The lowest BCUT2D eigenvalue weighted by Crippen LogP contribution is -3.00. The van der Waals surface area contributed by atoms with Crippen LogP contribution >= 0.6 is 0 Å². The van der Waals surface area contributed by atoms with Crippen molar-refractivity contribution in [3.8, 4) is 0 Å². The van der Waals surface area contributed by atoms with Gasteiger partial charge in [-0.15, -0.1) is 0 Å². The van der Waals surface area contributed by atoms with Crippen LogP contribution < -0.4 is 18.1 Å². The fourth-order valence-electron chi connectivity index (χ4n) is 0. The first kappa shape index (κ1) is 16.1. The predicted molar refractivity (Wildman–Crippen MR) is 23.8 cm³/mol. The number of quaternary nitrogens is 1. The highest BCUT2D eigenvalue weighted by Gasteiger charge is 1.59. The molecule has 3 heteroatoms. The van der Waals surface area contributed by atoms with Crippen molar-refractivity contribution in [3.63, 3.8) is 0 Å². The van der Waals surface area contributed by atoms with Crippen LogP contribution in [-0.4, -0.2) is 17.5 Å². The molecule has 0 fully saturated rings. The summed E-state index contributed by atoms with van der Waals surface area (Å²) in [5.41, 5.74) is 3.60. The third-order valence-corrected chi connectivity index (χ3v) is 0.354. The molecule has 0 spiro atoms. The van der Waals surface area contributed by atoms with Crippen molar-refractivity contribution in [2.45, 2.75) is 13.3 Å². The zero-order valence-corrected chi connectivity index (χ0v) is 5.76. The van der Waals surface area contributed by atoms with Crippen molar-refractivity contribution < 1.29 is 18.1 Å². The van der Waals surface area contributed by atoms with Gasteiger partial charge in [-0.05, 0) is 6.42 Å². The van der Waals surface area contributed by atoms with Crippen LogP contribution in [0.15, 0.2) is 0 Å². The fraction of sp³-hybridized carbons (Fsp3) is 1.00. The highest BCUT2D eigenvalue weighted by molar-refractivity contribution is 5.75. The molecule has 0 aromatic carbocycles. The van der Waals surface area contributed by atoms with E-state index in [-0.39, 0.29) is 23.4 Å². The van der Waals surface area contributed by atoms with Crippen LogP contribution in [0.1, 0.15) is 13.3 Å². The molecule has 38 valence electrons. The molecule has 4 radical (unpaired) electrons. The van der Waals surface area contributed by atoms with Gasteiger partial charge in [-0.3, -0.25) is 0 Å². The molecule has 0 atom stereocenters. The Balaban J connectivity index is -0.0000000450. The van der Waals surface area contributed by atoms with Gasteiger partial charge >= 0.3 is 0 Å². The van der Waals surface area contributed by atoms with E-state index in [1.165, 1.54) is 6.42 Å². The Kier molecular flexibility index (Phi) is 48.0. The van der Waals surface area contributed by atoms with Crippen LogP contribution in [0.5, 0.6) is 0 Å². The third kappa shape index (κ3) is 25.0. The number of hydrogen-bond acceptors (Lipinski definition) is 0. The van der Waals surface area contributed by atoms with Gasteiger partial charge in [0.05, 0.1) is 6.54 Å². The summed E-state index contributed by atoms with van der Waals surface area (Å²) in [4.78, 5) is 0. The second kappa shape index (κ2) is 17.9. The summed E-state index contributed by atoms with van der Waals surface area (Å²) in [7, 11) is 0. The van der Waals surface area contributed by atoms with E-state index < -0.39 is 0 Å². The van der Waals surface area contributed by atoms with Gasteiger partial charge in [0.2, 0.25) is 0 Å². The second-order valence-electron chi connectivity index (χ2n) is 0.854. The second-order valence-corrected chi connectivity index (χ2v) is 0.854. The maximum absolute atomic E-state index is 3.60. The standard InChI is InChI=1S/C3H9N.ClH.Si/c1-2-3-4;;/h2-4H2,1H3;1H;. The molecule has 0 rings (SSSR count). The summed E-state index contributed by atoms with van der Waals surface area (Å²) in [5.74, 6) is 0. The van der Waals surface area contributed by atoms with Gasteiger partial charge in [0, 0.05) is 11.0 Å². The summed E-state index contributed by atoms with van der Waals surface area (Å²) in [6, 6.07) is 0. The minimum absolute atomic E-state index is 0. The van der Waals surface area contributed by atoms with Crippen molar-refractivity contribution in [1.29, 1.82) is 0 Å². The van der Waals surface area contributed by atoms with Crippen LogP contribution in [-0.2, 0) is 0 Å². The van der Waals surface area contributed by atoms with Gasteiger partial charge in [-0.2, -0.15) is 0 Å². The summed E-state index contributed by atoms with van der Waals surface area (Å²) in [6.45, 7) is 3.19. The fourth-order valence-corrected chi connectivity index (χ4v) is 0. The molecule has 0 aliphatic carbocycles. The van der Waals surface area contributed by atoms with Gasteiger partial charge < -0.3 is 18.1 Å². The van der Waals surface area contributed by atoms with Crippen molar-refractivity contribution >= 4 is 11.0 Å². The van der Waals surface area contributed by atoms with Crippen LogP contribution in [0.4, 0.5) is 0 Å². The van der Waals surface area contributed by atoms with Crippen LogP contribution in [0, 0.1) is 0 Å². The first-order valence-electron chi connectivity index (χ1n) is 1.71. The molecule has 0 saturated carbocycles. The number of rotatable bonds is 1. The first-order chi connectivity index (χ1) is 1.91. The average molecular weight is 124 g/mol. The van der Waals surface area contributed by atoms with Crippen molar-refractivity contribution in [2.75, 3.05) is 6.54 Å². The lowest BCUT2D eigenvalue weighted by Gasteiger charge is -1.66. The van der Waals surface area contributed by atoms with Crippen molar-refractivity contribution in [1.82, 2.24) is 0 Å². The van der Waals surface area contributed by atoms with Crippen molar-refractivity contribution in [2.24, 2.45) is 0 Å². The average Bonchev–Trinajstić information content (AvgIpc) is 1.37. The molecular weight excluding hydrogens is 114 g/mol. The lowest BCUT2D eigenvalue weighted by molar-refractivity contribution is -0.367. The van der Waals surface area contributed by atoms with Gasteiger partial charge in [0.15, 0.2) is 0 Å². The smallest absolute Gasteiger partial charge is 0.0737 e. The maximum Gasteiger partial charge on any atom is 0.0737 e. The Morgan fingerprint density at radius 1 is 1.50 bits per heavy atom. The van der Waals surface area contributed by atoms with Gasteiger partial charge in [-0.25, -0.2) is 0 Å². The predicted octanol–water partition coefficient (Wildman–Crippen LogP) is -3.74. The van der Waals surface area contributed by atoms with E-state index in [4.69, 9.17) is 0 Å². The molecule has 3 N–H and O–H groups in total. The number of halogens is 1. The largest absolute Gasteiger partial charge is 1.00 e. The normalized spacial score (nSPS) is 5.00. The Bertz CT molecular complexity index is 12.8. The quantitative estimate of drug-likeness (QED) is 0.348. The zero-order valence-electron chi connectivity index (χ0n) is 4.00. The summed E-state index contributed by atoms with van der Waals surface area (Å²) >= 11 is 0. The topological polar surface area (TPSA) is 27.6 Å². The Morgan fingerprint density at radius 2 is 1.67 bits per heavy atom. The van der Waals surface area contributed by atoms with Crippen LogP contribution in [0.3, 0.4) is 0 Å². The number of hydrogen-bond donors (Lipinski definition) is 1. The molecule has 0 amide bonds. The summed E-state index contributed by atoms with van der Waals surface area (Å²) in [6.07, 6.45) is 1.21. The molecule has 0 unspecified atom stereocenters. The van der Waals surface area contributed by atoms with Gasteiger partial charge in [-0.1, -0.05) is 6.92 Å². The molecule has 0 aromatic rings. The minimum Gasteiger partial charge on any atom is -1.00 e. The molecule has 6 heavy (non-hydrogen) atoms. The Hall–Kier alpha value is 0.467. The molecule has 0 aromatic heterocycles. The van der Waals surface area contributed by atoms with Crippen LogP contribution in [0.2, 0.25) is 0 Å². The highest BCUT2D eigenvalue weighted by atomic mass is 35.5. The maximum atomic E-state index is 3.60. The van der Waals surface area contributed by atoms with E-state index in [1.807, 2.05) is 0 Å². The van der Waals surface area contributed by atoms with E-state index >= 15 is 0 Å². The van der Waals surface area contributed by atoms with E-state index in [1.54, 1.807) is 0 Å². The van der Waals surface area contributed by atoms with Gasteiger partial charge in [0.1, 0.15) is 0 Å². The van der Waals surface area contributed by atoms with E-state index in [0.29, 0.717) is 0 Å². The Labute approximate surface area is 49.7 Å². The van der Waals surface area contributed by atoms with Crippen molar-refractivity contribution in [3.05, 3.63) is 0 Å². The first-order valence-corrected chi connectivity index (χ1v) is 1.71. The SMILES string of the molecule is CCC[NH3+].[Cl-].[Si]. The highest BCUT2D eigenvalue weighted by Crippen LogP contribution is 1.54. The molecular formula is C3H10ClNSi. The monoisotopic (exact) mass is 123 g/mol. The van der Waals surface area contributed by atoms with E-state index in [0.717, 1.165) is 6.54 Å².